The minimum absolute atomic E-state index is 0.129. The molecule has 3 heteroatoms. The number of carbonyl (C=O) groups excluding carboxylic acids is 2. The summed E-state index contributed by atoms with van der Waals surface area (Å²) in [5.74, 6) is 2.32. The van der Waals surface area contributed by atoms with E-state index in [1.54, 1.807) is 0 Å². The van der Waals surface area contributed by atoms with Gasteiger partial charge in [0.15, 0.2) is 0 Å². The third-order valence-electron chi connectivity index (χ3n) is 7.80. The van der Waals surface area contributed by atoms with Crippen LogP contribution < -0.4 is 0 Å². The molecule has 4 aliphatic carbocycles. The van der Waals surface area contributed by atoms with E-state index in [2.05, 4.69) is 12.1 Å². The van der Waals surface area contributed by atoms with Crippen LogP contribution in [0, 0.1) is 17.8 Å². The molecule has 142 valence electrons. The SMILES string of the molecule is O=C1c2ccc(C34CC5CC(CC(C5)C3)C4)cc2C(=O)N1Cc1ccccc1. The summed E-state index contributed by atoms with van der Waals surface area (Å²) in [5, 5.41) is 0. The van der Waals surface area contributed by atoms with Gasteiger partial charge in [0.1, 0.15) is 0 Å². The number of hydrogen-bond donors (Lipinski definition) is 0. The van der Waals surface area contributed by atoms with Gasteiger partial charge in [-0.15, -0.1) is 0 Å². The van der Waals surface area contributed by atoms with Crippen molar-refractivity contribution in [3.63, 3.8) is 0 Å². The Morgan fingerprint density at radius 3 is 2.04 bits per heavy atom. The summed E-state index contributed by atoms with van der Waals surface area (Å²) >= 11 is 0. The van der Waals surface area contributed by atoms with Crippen LogP contribution in [-0.4, -0.2) is 16.7 Å². The number of amides is 2. The molecule has 0 atom stereocenters. The van der Waals surface area contributed by atoms with Gasteiger partial charge in [0.25, 0.3) is 11.8 Å². The first-order valence-corrected chi connectivity index (χ1v) is 10.7. The second-order valence-corrected chi connectivity index (χ2v) is 9.64. The van der Waals surface area contributed by atoms with Crippen LogP contribution >= 0.6 is 0 Å². The van der Waals surface area contributed by atoms with Gasteiger partial charge in [-0.05, 0) is 85.0 Å². The highest BCUT2D eigenvalue weighted by Crippen LogP contribution is 2.60. The van der Waals surface area contributed by atoms with Crippen LogP contribution in [0.15, 0.2) is 48.5 Å². The van der Waals surface area contributed by atoms with Gasteiger partial charge in [-0.2, -0.15) is 0 Å². The zero-order valence-corrected chi connectivity index (χ0v) is 16.1. The number of carbonyl (C=O) groups is 2. The van der Waals surface area contributed by atoms with Crippen LogP contribution in [0.25, 0.3) is 0 Å². The predicted octanol–water partition coefficient (Wildman–Crippen LogP) is 4.95. The fourth-order valence-electron chi connectivity index (χ4n) is 6.99. The highest BCUT2D eigenvalue weighted by Gasteiger charge is 2.52. The second kappa shape index (κ2) is 5.79. The molecule has 0 radical (unpaired) electrons. The van der Waals surface area contributed by atoms with Gasteiger partial charge < -0.3 is 0 Å². The Kier molecular flexibility index (Phi) is 3.42. The maximum Gasteiger partial charge on any atom is 0.261 e. The Labute approximate surface area is 165 Å². The van der Waals surface area contributed by atoms with E-state index in [0.29, 0.717) is 17.7 Å². The van der Waals surface area contributed by atoms with E-state index in [-0.39, 0.29) is 17.2 Å². The van der Waals surface area contributed by atoms with E-state index >= 15 is 0 Å². The van der Waals surface area contributed by atoms with Crippen molar-refractivity contribution < 1.29 is 9.59 Å². The molecule has 2 aromatic rings. The third kappa shape index (κ3) is 2.35. The van der Waals surface area contributed by atoms with Crippen molar-refractivity contribution >= 4 is 11.8 Å². The van der Waals surface area contributed by atoms with Crippen LogP contribution in [-0.2, 0) is 12.0 Å². The van der Waals surface area contributed by atoms with Crippen LogP contribution in [0.2, 0.25) is 0 Å². The van der Waals surface area contributed by atoms with Crippen LogP contribution in [0.1, 0.15) is 70.4 Å². The van der Waals surface area contributed by atoms with Gasteiger partial charge in [-0.25, -0.2) is 0 Å². The molecule has 5 aliphatic rings. The summed E-state index contributed by atoms with van der Waals surface area (Å²) in [6.45, 7) is 0.347. The van der Waals surface area contributed by atoms with Crippen molar-refractivity contribution in [2.75, 3.05) is 0 Å². The predicted molar refractivity (Wildman–Crippen MR) is 107 cm³/mol. The molecule has 4 bridgehead atoms. The van der Waals surface area contributed by atoms with Crippen LogP contribution in [0.3, 0.4) is 0 Å². The molecule has 0 saturated heterocycles. The zero-order chi connectivity index (χ0) is 18.9. The lowest BCUT2D eigenvalue weighted by Gasteiger charge is -2.57. The largest absolute Gasteiger partial charge is 0.270 e. The molecule has 0 aromatic heterocycles. The van der Waals surface area contributed by atoms with Gasteiger partial charge in [0, 0.05) is 0 Å². The quantitative estimate of drug-likeness (QED) is 0.716. The van der Waals surface area contributed by atoms with Crippen molar-refractivity contribution in [2.45, 2.75) is 50.5 Å². The lowest BCUT2D eigenvalue weighted by molar-refractivity contribution is -0.00520. The van der Waals surface area contributed by atoms with Crippen molar-refractivity contribution in [3.8, 4) is 0 Å². The van der Waals surface area contributed by atoms with Crippen molar-refractivity contribution in [1.29, 1.82) is 0 Å². The minimum Gasteiger partial charge on any atom is -0.270 e. The monoisotopic (exact) mass is 371 g/mol. The standard InChI is InChI=1S/C25H25NO2/c27-23-21-7-6-20(25-12-17-8-18(13-25)10-19(9-17)14-25)11-22(21)24(28)26(23)15-16-4-2-1-3-5-16/h1-7,11,17-19H,8-10,12-15H2. The average molecular weight is 371 g/mol. The van der Waals surface area contributed by atoms with Crippen LogP contribution in [0.4, 0.5) is 0 Å². The van der Waals surface area contributed by atoms with Gasteiger partial charge in [0.2, 0.25) is 0 Å². The summed E-state index contributed by atoms with van der Waals surface area (Å²) in [4.78, 5) is 27.4. The van der Waals surface area contributed by atoms with Crippen molar-refractivity contribution in [1.82, 2.24) is 4.90 Å². The maximum atomic E-state index is 13.1. The van der Waals surface area contributed by atoms with Gasteiger partial charge in [-0.1, -0.05) is 36.4 Å². The van der Waals surface area contributed by atoms with E-state index in [0.717, 1.165) is 23.3 Å². The highest BCUT2D eigenvalue weighted by molar-refractivity contribution is 6.21. The van der Waals surface area contributed by atoms with E-state index in [9.17, 15) is 9.59 Å². The lowest BCUT2D eigenvalue weighted by atomic mass is 9.48. The number of hydrogen-bond acceptors (Lipinski definition) is 2. The molecule has 0 spiro atoms. The first kappa shape index (κ1) is 16.5. The molecule has 2 aromatic carbocycles. The number of imide groups is 1. The van der Waals surface area contributed by atoms with Gasteiger partial charge in [-0.3, -0.25) is 14.5 Å². The fraction of sp³-hybridized carbons (Fsp3) is 0.440. The molecular formula is C25H25NO2. The highest BCUT2D eigenvalue weighted by atomic mass is 16.2. The Morgan fingerprint density at radius 2 is 1.39 bits per heavy atom. The molecule has 1 aliphatic heterocycles. The molecule has 28 heavy (non-hydrogen) atoms. The number of rotatable bonds is 3. The van der Waals surface area contributed by atoms with Crippen LogP contribution in [0.5, 0.6) is 0 Å². The maximum absolute atomic E-state index is 13.1. The Balaban J connectivity index is 1.34. The van der Waals surface area contributed by atoms with E-state index in [1.807, 2.05) is 36.4 Å². The van der Waals surface area contributed by atoms with Crippen molar-refractivity contribution in [2.24, 2.45) is 17.8 Å². The molecule has 1 heterocycles. The molecule has 7 rings (SSSR count). The first-order chi connectivity index (χ1) is 13.6. The fourth-order valence-corrected chi connectivity index (χ4v) is 6.99. The Hall–Kier alpha value is -2.42. The topological polar surface area (TPSA) is 37.4 Å². The average Bonchev–Trinajstić information content (AvgIpc) is 2.92. The van der Waals surface area contributed by atoms with E-state index in [4.69, 9.17) is 0 Å². The number of benzene rings is 2. The summed E-state index contributed by atoms with van der Waals surface area (Å²) in [7, 11) is 0. The van der Waals surface area contributed by atoms with E-state index < -0.39 is 0 Å². The zero-order valence-electron chi connectivity index (χ0n) is 16.1. The third-order valence-corrected chi connectivity index (χ3v) is 7.80. The molecular weight excluding hydrogens is 346 g/mol. The minimum atomic E-state index is -0.152. The summed E-state index contributed by atoms with van der Waals surface area (Å²) in [5.41, 5.74) is 3.75. The summed E-state index contributed by atoms with van der Waals surface area (Å²) < 4.78 is 0. The molecule has 0 N–H and O–H groups in total. The normalized spacial score (nSPS) is 32.9. The number of fused-ring (bicyclic) bond motifs is 1. The lowest BCUT2D eigenvalue weighted by Crippen LogP contribution is -2.48. The smallest absolute Gasteiger partial charge is 0.261 e. The van der Waals surface area contributed by atoms with Gasteiger partial charge >= 0.3 is 0 Å². The molecule has 0 unspecified atom stereocenters. The number of nitrogens with zero attached hydrogens (tertiary/aromatic N) is 1. The van der Waals surface area contributed by atoms with Gasteiger partial charge in [0.05, 0.1) is 17.7 Å². The summed E-state index contributed by atoms with van der Waals surface area (Å²) in [6.07, 6.45) is 8.04. The Bertz CT molecular complexity index is 942. The molecule has 2 amide bonds. The molecule has 3 nitrogen and oxygen atoms in total. The van der Waals surface area contributed by atoms with E-state index in [1.165, 1.54) is 49.0 Å². The molecule has 4 saturated carbocycles. The first-order valence-electron chi connectivity index (χ1n) is 10.7. The second-order valence-electron chi connectivity index (χ2n) is 9.64. The summed E-state index contributed by atoms with van der Waals surface area (Å²) in [6, 6.07) is 15.9. The van der Waals surface area contributed by atoms with Crippen molar-refractivity contribution in [3.05, 3.63) is 70.8 Å². The Morgan fingerprint density at radius 1 is 0.786 bits per heavy atom. The molecule has 4 fully saturated rings.